The molecule has 0 spiro atoms. The summed E-state index contributed by atoms with van der Waals surface area (Å²) in [6.45, 7) is 4.75. The van der Waals surface area contributed by atoms with Crippen molar-refractivity contribution in [3.05, 3.63) is 63.6 Å². The number of para-hydroxylation sites is 1. The Balaban J connectivity index is 1.84. The Kier molecular flexibility index (Phi) is 5.48. The van der Waals surface area contributed by atoms with Crippen LogP contribution in [0, 0.1) is 0 Å². The second-order valence-electron chi connectivity index (χ2n) is 7.24. The quantitative estimate of drug-likeness (QED) is 0.607. The van der Waals surface area contributed by atoms with Crippen LogP contribution in [0.3, 0.4) is 0 Å². The number of fused-ring (bicyclic) bond motifs is 3. The zero-order chi connectivity index (χ0) is 21.3. The molecule has 1 aromatic heterocycles. The van der Waals surface area contributed by atoms with Gasteiger partial charge in [0.25, 0.3) is 0 Å². The molecule has 6 nitrogen and oxygen atoms in total. The Hall–Kier alpha value is -3.28. The number of hydrogen-bond donors (Lipinski definition) is 0. The fourth-order valence-electron chi connectivity index (χ4n) is 4.01. The van der Waals surface area contributed by atoms with Crippen molar-refractivity contribution in [3.8, 4) is 34.4 Å². The van der Waals surface area contributed by atoms with Gasteiger partial charge in [-0.05, 0) is 48.1 Å². The maximum atomic E-state index is 12.8. The molecular formula is C24H26N2O4. The molecule has 0 saturated heterocycles. The molecule has 1 aliphatic rings. The van der Waals surface area contributed by atoms with Gasteiger partial charge >= 0.3 is 5.69 Å². The average molecular weight is 406 g/mol. The minimum atomic E-state index is -0.310. The van der Waals surface area contributed by atoms with Crippen LogP contribution in [0.25, 0.3) is 11.3 Å². The molecule has 6 heteroatoms. The lowest BCUT2D eigenvalue weighted by molar-refractivity contribution is 0.354. The van der Waals surface area contributed by atoms with Gasteiger partial charge in [-0.2, -0.15) is 4.98 Å². The zero-order valence-corrected chi connectivity index (χ0v) is 17.8. The third-order valence-corrected chi connectivity index (χ3v) is 5.62. The van der Waals surface area contributed by atoms with Crippen LogP contribution in [0.2, 0.25) is 0 Å². The Morgan fingerprint density at radius 1 is 1.00 bits per heavy atom. The number of hydrogen-bond acceptors (Lipinski definition) is 5. The van der Waals surface area contributed by atoms with Crippen LogP contribution in [0.1, 0.15) is 30.5 Å². The number of methoxy groups -OCH3 is 2. The summed E-state index contributed by atoms with van der Waals surface area (Å²) in [4.78, 5) is 17.0. The normalized spacial score (nSPS) is 12.1. The maximum absolute atomic E-state index is 12.8. The summed E-state index contributed by atoms with van der Waals surface area (Å²) < 4.78 is 18.8. The lowest BCUT2D eigenvalue weighted by Gasteiger charge is -2.23. The standard InChI is InChI=1S/C24H26N2O4/c1-5-15-8-7-9-16(6-2)23(15)30-22-14-19-18-13-21(29-4)20(28-3)12-17(18)10-11-26(19)24(27)25-22/h7-9,12-14H,5-6,10-11H2,1-4H3. The maximum Gasteiger partial charge on any atom is 0.351 e. The van der Waals surface area contributed by atoms with Crippen molar-refractivity contribution in [2.75, 3.05) is 14.2 Å². The largest absolute Gasteiger partial charge is 0.493 e. The van der Waals surface area contributed by atoms with Crippen LogP contribution in [-0.2, 0) is 25.8 Å². The van der Waals surface area contributed by atoms with Gasteiger partial charge in [0.05, 0.1) is 19.9 Å². The molecule has 3 aromatic rings. The van der Waals surface area contributed by atoms with E-state index < -0.39 is 0 Å². The molecule has 2 heterocycles. The van der Waals surface area contributed by atoms with Crippen LogP contribution in [0.15, 0.2) is 41.2 Å². The monoisotopic (exact) mass is 406 g/mol. The van der Waals surface area contributed by atoms with Gasteiger partial charge in [0.1, 0.15) is 5.75 Å². The lowest BCUT2D eigenvalue weighted by atomic mass is 9.97. The zero-order valence-electron chi connectivity index (χ0n) is 17.8. The lowest BCUT2D eigenvalue weighted by Crippen LogP contribution is -2.28. The first kappa shape index (κ1) is 20.0. The number of nitrogens with zero attached hydrogens (tertiary/aromatic N) is 2. The van der Waals surface area contributed by atoms with Crippen molar-refractivity contribution in [3.63, 3.8) is 0 Å². The number of benzene rings is 2. The highest BCUT2D eigenvalue weighted by Crippen LogP contribution is 2.39. The second-order valence-corrected chi connectivity index (χ2v) is 7.24. The molecule has 0 amide bonds. The molecule has 0 bridgehead atoms. The summed E-state index contributed by atoms with van der Waals surface area (Å²) in [6.07, 6.45) is 2.41. The highest BCUT2D eigenvalue weighted by Gasteiger charge is 2.22. The van der Waals surface area contributed by atoms with Crippen molar-refractivity contribution in [1.29, 1.82) is 0 Å². The third kappa shape index (κ3) is 3.43. The van der Waals surface area contributed by atoms with Gasteiger partial charge in [0, 0.05) is 18.2 Å². The molecule has 0 unspecified atom stereocenters. The molecule has 0 N–H and O–H groups in total. The Morgan fingerprint density at radius 2 is 1.67 bits per heavy atom. The summed E-state index contributed by atoms with van der Waals surface area (Å²) in [5, 5.41) is 0. The minimum Gasteiger partial charge on any atom is -0.493 e. The fraction of sp³-hybridized carbons (Fsp3) is 0.333. The summed E-state index contributed by atoms with van der Waals surface area (Å²) in [6, 6.07) is 11.9. The Bertz CT molecular complexity index is 1130. The van der Waals surface area contributed by atoms with E-state index in [9.17, 15) is 4.79 Å². The van der Waals surface area contributed by atoms with Crippen LogP contribution < -0.4 is 19.9 Å². The smallest absolute Gasteiger partial charge is 0.351 e. The number of ether oxygens (including phenoxy) is 3. The van der Waals surface area contributed by atoms with Crippen LogP contribution in [0.5, 0.6) is 23.1 Å². The number of aromatic nitrogens is 2. The summed E-state index contributed by atoms with van der Waals surface area (Å²) in [5.74, 6) is 2.41. The molecule has 0 fully saturated rings. The number of aryl methyl sites for hydroxylation is 3. The predicted octanol–water partition coefficient (Wildman–Crippen LogP) is 4.40. The average Bonchev–Trinajstić information content (AvgIpc) is 2.78. The van der Waals surface area contributed by atoms with E-state index >= 15 is 0 Å². The van der Waals surface area contributed by atoms with Crippen LogP contribution in [-0.4, -0.2) is 23.8 Å². The van der Waals surface area contributed by atoms with Gasteiger partial charge in [-0.15, -0.1) is 0 Å². The first-order valence-electron chi connectivity index (χ1n) is 10.2. The van der Waals surface area contributed by atoms with E-state index in [1.807, 2.05) is 36.4 Å². The first-order valence-corrected chi connectivity index (χ1v) is 10.2. The molecule has 0 atom stereocenters. The van der Waals surface area contributed by atoms with E-state index in [2.05, 4.69) is 18.8 Å². The van der Waals surface area contributed by atoms with E-state index in [1.54, 1.807) is 18.8 Å². The Labute approximate surface area is 176 Å². The fourth-order valence-corrected chi connectivity index (χ4v) is 4.01. The number of rotatable bonds is 6. The highest BCUT2D eigenvalue weighted by atomic mass is 16.5. The second kappa shape index (κ2) is 8.22. The molecule has 156 valence electrons. The predicted molar refractivity (Wildman–Crippen MR) is 116 cm³/mol. The SMILES string of the molecule is CCc1cccc(CC)c1Oc1cc2n(c(=O)n1)CCc1cc(OC)c(OC)cc1-2. The highest BCUT2D eigenvalue weighted by molar-refractivity contribution is 5.70. The first-order chi connectivity index (χ1) is 14.6. The van der Waals surface area contributed by atoms with Gasteiger partial charge in [-0.1, -0.05) is 32.0 Å². The molecule has 0 aliphatic carbocycles. The van der Waals surface area contributed by atoms with E-state index in [4.69, 9.17) is 14.2 Å². The molecule has 0 saturated carbocycles. The van der Waals surface area contributed by atoms with Gasteiger partial charge < -0.3 is 14.2 Å². The van der Waals surface area contributed by atoms with Gasteiger partial charge in [-0.25, -0.2) is 4.79 Å². The van der Waals surface area contributed by atoms with Crippen LogP contribution >= 0.6 is 0 Å². The van der Waals surface area contributed by atoms with E-state index in [1.165, 1.54) is 0 Å². The van der Waals surface area contributed by atoms with Crippen molar-refractivity contribution < 1.29 is 14.2 Å². The van der Waals surface area contributed by atoms with Crippen molar-refractivity contribution in [2.24, 2.45) is 0 Å². The molecule has 1 aliphatic heterocycles. The van der Waals surface area contributed by atoms with E-state index in [0.29, 0.717) is 23.9 Å². The molecule has 4 rings (SSSR count). The van der Waals surface area contributed by atoms with E-state index in [0.717, 1.165) is 53.0 Å². The van der Waals surface area contributed by atoms with E-state index in [-0.39, 0.29) is 5.69 Å². The summed E-state index contributed by atoms with van der Waals surface area (Å²) in [5.41, 5.74) is 4.70. The molecule has 0 radical (unpaired) electrons. The van der Waals surface area contributed by atoms with Crippen molar-refractivity contribution in [2.45, 2.75) is 39.7 Å². The van der Waals surface area contributed by atoms with Crippen LogP contribution in [0.4, 0.5) is 0 Å². The molecular weight excluding hydrogens is 380 g/mol. The molecule has 30 heavy (non-hydrogen) atoms. The third-order valence-electron chi connectivity index (χ3n) is 5.62. The van der Waals surface area contributed by atoms with Crippen molar-refractivity contribution in [1.82, 2.24) is 9.55 Å². The van der Waals surface area contributed by atoms with Gasteiger partial charge in [0.2, 0.25) is 5.88 Å². The van der Waals surface area contributed by atoms with Gasteiger partial charge in [0.15, 0.2) is 11.5 Å². The summed E-state index contributed by atoms with van der Waals surface area (Å²) in [7, 11) is 3.23. The Morgan fingerprint density at radius 3 is 2.30 bits per heavy atom. The van der Waals surface area contributed by atoms with Gasteiger partial charge in [-0.3, -0.25) is 4.57 Å². The molecule has 2 aromatic carbocycles. The topological polar surface area (TPSA) is 62.6 Å². The summed E-state index contributed by atoms with van der Waals surface area (Å²) >= 11 is 0. The van der Waals surface area contributed by atoms with Crippen molar-refractivity contribution >= 4 is 0 Å². The minimum absolute atomic E-state index is 0.310.